The Morgan fingerprint density at radius 2 is 1.62 bits per heavy atom. The molecule has 0 unspecified atom stereocenters. The van der Waals surface area contributed by atoms with Crippen molar-refractivity contribution in [3.8, 4) is 16.9 Å². The molecule has 0 saturated heterocycles. The Balaban J connectivity index is 1.65. The predicted octanol–water partition coefficient (Wildman–Crippen LogP) is 3.71. The minimum Gasteiger partial charge on any atom is -0.339 e. The molecule has 6 heteroatoms. The first kappa shape index (κ1) is 18.6. The minimum absolute atomic E-state index is 0.0657. The van der Waals surface area contributed by atoms with Crippen LogP contribution in [0.3, 0.4) is 0 Å². The van der Waals surface area contributed by atoms with Crippen LogP contribution in [0, 0.1) is 10.1 Å². The third-order valence-electron chi connectivity index (χ3n) is 4.73. The number of benzene rings is 3. The lowest BCUT2D eigenvalue weighted by Gasteiger charge is -2.03. The largest absolute Gasteiger partial charge is 0.339 e. The summed E-state index contributed by atoms with van der Waals surface area (Å²) in [5.41, 5.74) is 4.81. The molecule has 0 spiro atoms. The molecule has 4 aromatic rings. The highest BCUT2D eigenvalue weighted by atomic mass is 16.6. The molecule has 3 aromatic carbocycles. The van der Waals surface area contributed by atoms with Crippen LogP contribution in [0.1, 0.15) is 11.1 Å². The van der Waals surface area contributed by atoms with E-state index >= 15 is 0 Å². The fourth-order valence-corrected chi connectivity index (χ4v) is 3.29. The average Bonchev–Trinajstić information content (AvgIpc) is 3.19. The molecular formula is C23H21N4O2+. The van der Waals surface area contributed by atoms with E-state index in [4.69, 9.17) is 5.10 Å². The van der Waals surface area contributed by atoms with Gasteiger partial charge >= 0.3 is 0 Å². The molecule has 0 amide bonds. The van der Waals surface area contributed by atoms with Gasteiger partial charge in [-0.15, -0.1) is 0 Å². The molecule has 144 valence electrons. The topological polar surface area (TPSA) is 77.6 Å². The van der Waals surface area contributed by atoms with Gasteiger partial charge in [0.15, 0.2) is 0 Å². The molecule has 4 rings (SSSR count). The van der Waals surface area contributed by atoms with Crippen LogP contribution >= 0.6 is 0 Å². The van der Waals surface area contributed by atoms with Crippen molar-refractivity contribution in [1.29, 1.82) is 0 Å². The lowest BCUT2D eigenvalue weighted by Crippen LogP contribution is -2.80. The normalized spacial score (nSPS) is 10.8. The van der Waals surface area contributed by atoms with E-state index in [0.29, 0.717) is 0 Å². The van der Waals surface area contributed by atoms with Gasteiger partial charge in [-0.2, -0.15) is 5.10 Å². The van der Waals surface area contributed by atoms with Gasteiger partial charge in [-0.05, 0) is 12.1 Å². The SMILES string of the molecule is O=[N+]([O-])c1cccc(-c2nn(-c3ccccc3)cc2C[NH2+]Cc2ccccc2)c1. The number of nitrogens with zero attached hydrogens (tertiary/aromatic N) is 3. The van der Waals surface area contributed by atoms with Crippen LogP contribution in [0.2, 0.25) is 0 Å². The van der Waals surface area contributed by atoms with Gasteiger partial charge in [-0.1, -0.05) is 60.7 Å². The Morgan fingerprint density at radius 1 is 0.897 bits per heavy atom. The summed E-state index contributed by atoms with van der Waals surface area (Å²) in [6.07, 6.45) is 2.00. The highest BCUT2D eigenvalue weighted by molar-refractivity contribution is 5.65. The highest BCUT2D eigenvalue weighted by Gasteiger charge is 2.16. The number of para-hydroxylation sites is 1. The van der Waals surface area contributed by atoms with E-state index in [2.05, 4.69) is 17.4 Å². The Kier molecular flexibility index (Phi) is 5.45. The van der Waals surface area contributed by atoms with Crippen LogP contribution in [0.4, 0.5) is 5.69 Å². The molecule has 0 aliphatic heterocycles. The van der Waals surface area contributed by atoms with Gasteiger partial charge in [0.2, 0.25) is 0 Å². The molecule has 0 aliphatic carbocycles. The molecule has 0 saturated carbocycles. The second-order valence-corrected chi connectivity index (χ2v) is 6.77. The van der Waals surface area contributed by atoms with Gasteiger partial charge in [0, 0.05) is 29.5 Å². The summed E-state index contributed by atoms with van der Waals surface area (Å²) < 4.78 is 1.83. The first-order chi connectivity index (χ1) is 14.2. The van der Waals surface area contributed by atoms with Gasteiger partial charge < -0.3 is 5.32 Å². The molecular weight excluding hydrogens is 364 g/mol. The molecule has 0 atom stereocenters. The lowest BCUT2D eigenvalue weighted by atomic mass is 10.1. The van der Waals surface area contributed by atoms with Crippen LogP contribution in [0.25, 0.3) is 16.9 Å². The van der Waals surface area contributed by atoms with E-state index in [-0.39, 0.29) is 10.6 Å². The summed E-state index contributed by atoms with van der Waals surface area (Å²) >= 11 is 0. The number of nitro groups is 1. The molecule has 0 fully saturated rings. The van der Waals surface area contributed by atoms with Crippen LogP contribution < -0.4 is 5.32 Å². The number of non-ortho nitro benzene ring substituents is 1. The van der Waals surface area contributed by atoms with Gasteiger partial charge in [0.05, 0.1) is 16.2 Å². The summed E-state index contributed by atoms with van der Waals surface area (Å²) in [7, 11) is 0. The summed E-state index contributed by atoms with van der Waals surface area (Å²) in [6, 6.07) is 26.8. The van der Waals surface area contributed by atoms with Crippen molar-refractivity contribution in [3.63, 3.8) is 0 Å². The highest BCUT2D eigenvalue weighted by Crippen LogP contribution is 2.26. The number of hydrogen-bond acceptors (Lipinski definition) is 3. The number of quaternary nitrogens is 1. The molecule has 1 aromatic heterocycles. The van der Waals surface area contributed by atoms with E-state index in [0.717, 1.165) is 35.6 Å². The van der Waals surface area contributed by atoms with E-state index in [1.165, 1.54) is 11.6 Å². The van der Waals surface area contributed by atoms with Crippen molar-refractivity contribution in [3.05, 3.63) is 112 Å². The first-order valence-electron chi connectivity index (χ1n) is 9.45. The summed E-state index contributed by atoms with van der Waals surface area (Å²) in [4.78, 5) is 10.8. The zero-order valence-corrected chi connectivity index (χ0v) is 15.8. The van der Waals surface area contributed by atoms with Gasteiger partial charge in [0.1, 0.15) is 18.8 Å². The fraction of sp³-hybridized carbons (Fsp3) is 0.0870. The smallest absolute Gasteiger partial charge is 0.270 e. The Bertz CT molecular complexity index is 1110. The second-order valence-electron chi connectivity index (χ2n) is 6.77. The number of nitro benzene ring substituents is 1. The van der Waals surface area contributed by atoms with Gasteiger partial charge in [-0.3, -0.25) is 10.1 Å². The Labute approximate surface area is 168 Å². The van der Waals surface area contributed by atoms with Crippen molar-refractivity contribution < 1.29 is 10.2 Å². The van der Waals surface area contributed by atoms with Crippen molar-refractivity contribution in [2.45, 2.75) is 13.1 Å². The zero-order valence-electron chi connectivity index (χ0n) is 15.8. The van der Waals surface area contributed by atoms with Crippen LogP contribution in [-0.2, 0) is 13.1 Å². The molecule has 0 radical (unpaired) electrons. The van der Waals surface area contributed by atoms with Crippen molar-refractivity contribution in [1.82, 2.24) is 9.78 Å². The van der Waals surface area contributed by atoms with E-state index in [1.54, 1.807) is 12.1 Å². The Hall–Kier alpha value is -3.77. The minimum atomic E-state index is -0.376. The zero-order chi connectivity index (χ0) is 20.1. The first-order valence-corrected chi connectivity index (χ1v) is 9.45. The van der Waals surface area contributed by atoms with E-state index < -0.39 is 0 Å². The molecule has 29 heavy (non-hydrogen) atoms. The van der Waals surface area contributed by atoms with Crippen molar-refractivity contribution in [2.24, 2.45) is 0 Å². The molecule has 0 bridgehead atoms. The number of hydrogen-bond donors (Lipinski definition) is 1. The van der Waals surface area contributed by atoms with Crippen LogP contribution in [0.15, 0.2) is 91.1 Å². The quantitative estimate of drug-likeness (QED) is 0.389. The monoisotopic (exact) mass is 385 g/mol. The fourth-order valence-electron chi connectivity index (χ4n) is 3.29. The molecule has 1 heterocycles. The predicted molar refractivity (Wildman–Crippen MR) is 111 cm³/mol. The van der Waals surface area contributed by atoms with Gasteiger partial charge in [-0.25, -0.2) is 4.68 Å². The maximum atomic E-state index is 11.2. The summed E-state index contributed by atoms with van der Waals surface area (Å²) in [5, 5.41) is 18.2. The van der Waals surface area contributed by atoms with Gasteiger partial charge in [0.25, 0.3) is 5.69 Å². The summed E-state index contributed by atoms with van der Waals surface area (Å²) in [5.74, 6) is 0. The second kappa shape index (κ2) is 8.50. The molecule has 0 aliphatic rings. The lowest BCUT2D eigenvalue weighted by molar-refractivity contribution is -0.686. The number of rotatable bonds is 7. The number of aromatic nitrogens is 2. The van der Waals surface area contributed by atoms with Crippen molar-refractivity contribution >= 4 is 5.69 Å². The Morgan fingerprint density at radius 3 is 2.34 bits per heavy atom. The molecule has 6 nitrogen and oxygen atoms in total. The van der Waals surface area contributed by atoms with E-state index in [1.807, 2.05) is 65.5 Å². The van der Waals surface area contributed by atoms with Crippen LogP contribution in [0.5, 0.6) is 0 Å². The van der Waals surface area contributed by atoms with E-state index in [9.17, 15) is 10.1 Å². The molecule has 2 N–H and O–H groups in total. The maximum absolute atomic E-state index is 11.2. The summed E-state index contributed by atoms with van der Waals surface area (Å²) in [6.45, 7) is 1.57. The third-order valence-corrected chi connectivity index (χ3v) is 4.73. The average molecular weight is 385 g/mol. The van der Waals surface area contributed by atoms with Crippen molar-refractivity contribution in [2.75, 3.05) is 0 Å². The standard InChI is InChI=1S/C23H20N4O2/c28-27(29)22-13-7-10-19(14-22)23-20(16-24-15-18-8-3-1-4-9-18)17-26(25-23)21-11-5-2-6-12-21/h1-14,17,24H,15-16H2/p+1. The van der Waals surface area contributed by atoms with Crippen LogP contribution in [-0.4, -0.2) is 14.7 Å². The third kappa shape index (κ3) is 4.39. The number of nitrogens with two attached hydrogens (primary N) is 1. The maximum Gasteiger partial charge on any atom is 0.270 e.